The van der Waals surface area contributed by atoms with Gasteiger partial charge in [-0.1, -0.05) is 22.6 Å². The lowest BCUT2D eigenvalue weighted by molar-refractivity contribution is -0.0809. The third-order valence-corrected chi connectivity index (χ3v) is 10.2. The van der Waals surface area contributed by atoms with Crippen molar-refractivity contribution in [2.24, 2.45) is 10.7 Å². The molecule has 1 aliphatic rings. The number of amidine groups is 1. The number of nitrogens with two attached hydrogens (primary N) is 1. The van der Waals surface area contributed by atoms with Gasteiger partial charge in [0.2, 0.25) is 12.7 Å². The van der Waals surface area contributed by atoms with Crippen molar-refractivity contribution in [1.82, 2.24) is 9.97 Å². The number of sulfone groups is 1. The van der Waals surface area contributed by atoms with E-state index < -0.39 is 60.5 Å². The smallest absolute Gasteiger partial charge is 0.279 e. The zero-order chi connectivity index (χ0) is 25.5. The largest absolute Gasteiger partial charge is 0.445 e. The van der Waals surface area contributed by atoms with Gasteiger partial charge in [-0.05, 0) is 25.1 Å². The maximum absolute atomic E-state index is 15.3. The number of anilines is 1. The predicted octanol–water partition coefficient (Wildman–Crippen LogP) is 2.96. The number of ether oxygens (including phenoxy) is 1. The molecule has 1 aliphatic heterocycles. The molecule has 0 aliphatic carbocycles. The molecule has 2 atom stereocenters. The molecule has 0 saturated carbocycles. The van der Waals surface area contributed by atoms with Gasteiger partial charge in [-0.15, -0.1) is 0 Å². The molecule has 184 valence electrons. The van der Waals surface area contributed by atoms with Crippen molar-refractivity contribution >= 4 is 49.9 Å². The number of amides is 1. The zero-order valence-electron chi connectivity index (χ0n) is 17.7. The lowest BCUT2D eigenvalue weighted by Gasteiger charge is -2.43. The summed E-state index contributed by atoms with van der Waals surface area (Å²) in [6.07, 6.45) is 1.53. The van der Waals surface area contributed by atoms with Crippen molar-refractivity contribution in [2.75, 3.05) is 18.4 Å². The first kappa shape index (κ1) is 26.1. The molecule has 1 aromatic carbocycles. The number of rotatable bonds is 6. The molecule has 0 fully saturated rings. The molecule has 0 unspecified atom stereocenters. The standard InChI is InChI=1S/C19H18F4IN5O4S/c1-17(19(22,23)8-18(24,16(25)29-17)34(2,31)32)11-5-10(3-4-12(11)21)28-15(30)13-6-27-14(7-26-13)33-9-20/h3-7H,8-9H2,1-2H3,(H2,25,29)(H,28,30)/t17-,18+/m1/s1. The molecule has 15 heteroatoms. The molecule has 34 heavy (non-hydrogen) atoms. The van der Waals surface area contributed by atoms with Crippen molar-refractivity contribution < 1.29 is 35.5 Å². The second-order valence-corrected chi connectivity index (χ2v) is 12.4. The first-order valence-corrected chi connectivity index (χ1v) is 12.4. The minimum atomic E-state index is -4.09. The number of halogens is 5. The Bertz CT molecular complexity index is 1260. The molecule has 9 nitrogen and oxygen atoms in total. The van der Waals surface area contributed by atoms with Gasteiger partial charge in [0.15, 0.2) is 18.1 Å². The van der Waals surface area contributed by atoms with E-state index in [1.165, 1.54) is 22.6 Å². The Morgan fingerprint density at radius 1 is 1.29 bits per heavy atom. The highest BCUT2D eigenvalue weighted by atomic mass is 127. The number of aliphatic imine (C=N–C) groups is 1. The monoisotopic (exact) mass is 615 g/mol. The summed E-state index contributed by atoms with van der Waals surface area (Å²) < 4.78 is 84.1. The molecule has 1 aromatic heterocycles. The number of aromatic nitrogens is 2. The van der Waals surface area contributed by atoms with Gasteiger partial charge in [-0.2, -0.15) is 0 Å². The summed E-state index contributed by atoms with van der Waals surface area (Å²) in [4.78, 5) is 23.6. The van der Waals surface area contributed by atoms with E-state index in [4.69, 9.17) is 5.73 Å². The number of carbonyl (C=O) groups is 1. The highest BCUT2D eigenvalue weighted by Gasteiger charge is 2.63. The third-order valence-electron chi connectivity index (χ3n) is 5.29. The average molecular weight is 615 g/mol. The Balaban J connectivity index is 1.99. The summed E-state index contributed by atoms with van der Waals surface area (Å²) in [5.41, 5.74) is 2.34. The molecule has 0 radical (unpaired) electrons. The SMILES string of the molecule is C[C@]1(c2cc(NC(=O)c3cnc(OCF)cn3)ccc2F)N=C(N)[C@@](I)(S(C)(=O)=O)CC1(F)F. The normalized spacial score (nSPS) is 24.3. The maximum Gasteiger partial charge on any atom is 0.279 e. The first-order chi connectivity index (χ1) is 15.6. The summed E-state index contributed by atoms with van der Waals surface area (Å²) in [5.74, 6) is -6.47. The number of nitrogens with zero attached hydrogens (tertiary/aromatic N) is 3. The molecule has 0 saturated heterocycles. The minimum Gasteiger partial charge on any atom is -0.445 e. The van der Waals surface area contributed by atoms with Crippen molar-refractivity contribution in [3.05, 3.63) is 47.7 Å². The maximum atomic E-state index is 15.3. The summed E-state index contributed by atoms with van der Waals surface area (Å²) in [5, 5.41) is 2.37. The second-order valence-electron chi connectivity index (χ2n) is 7.59. The number of benzene rings is 1. The van der Waals surface area contributed by atoms with Gasteiger partial charge in [0.05, 0.1) is 18.8 Å². The van der Waals surface area contributed by atoms with Crippen molar-refractivity contribution in [3.63, 3.8) is 0 Å². The van der Waals surface area contributed by atoms with E-state index in [1.807, 2.05) is 0 Å². The van der Waals surface area contributed by atoms with Gasteiger partial charge in [-0.3, -0.25) is 9.79 Å². The molecule has 2 heterocycles. The van der Waals surface area contributed by atoms with E-state index >= 15 is 8.78 Å². The number of hydrogen-bond acceptors (Lipinski definition) is 8. The van der Waals surface area contributed by atoms with E-state index in [0.29, 0.717) is 0 Å². The van der Waals surface area contributed by atoms with Crippen molar-refractivity contribution in [3.8, 4) is 5.88 Å². The average Bonchev–Trinajstić information content (AvgIpc) is 2.73. The zero-order valence-corrected chi connectivity index (χ0v) is 20.6. The van der Waals surface area contributed by atoms with Crippen LogP contribution < -0.4 is 15.8 Å². The molecule has 0 bridgehead atoms. The van der Waals surface area contributed by atoms with Gasteiger partial charge < -0.3 is 15.8 Å². The van der Waals surface area contributed by atoms with Crippen LogP contribution in [-0.4, -0.2) is 51.9 Å². The van der Waals surface area contributed by atoms with Gasteiger partial charge in [0, 0.05) is 17.5 Å². The molecule has 2 aromatic rings. The molecule has 3 N–H and O–H groups in total. The number of nitrogens with one attached hydrogen (secondary N) is 1. The fourth-order valence-electron chi connectivity index (χ4n) is 3.27. The van der Waals surface area contributed by atoms with Gasteiger partial charge in [0.25, 0.3) is 11.8 Å². The van der Waals surface area contributed by atoms with Crippen LogP contribution in [0.3, 0.4) is 0 Å². The Morgan fingerprint density at radius 3 is 2.53 bits per heavy atom. The molecule has 0 spiro atoms. The molecular formula is C19H18F4IN5O4S. The molecular weight excluding hydrogens is 597 g/mol. The van der Waals surface area contributed by atoms with Crippen LogP contribution in [-0.2, 0) is 15.4 Å². The van der Waals surface area contributed by atoms with Gasteiger partial charge in [0.1, 0.15) is 17.3 Å². The van der Waals surface area contributed by atoms with E-state index in [9.17, 15) is 22.0 Å². The van der Waals surface area contributed by atoms with E-state index in [2.05, 4.69) is 25.0 Å². The van der Waals surface area contributed by atoms with Gasteiger partial charge >= 0.3 is 0 Å². The fraction of sp³-hybridized carbons (Fsp3) is 0.368. The Morgan fingerprint density at radius 2 is 1.97 bits per heavy atom. The molecule has 3 rings (SSSR count). The lowest BCUT2D eigenvalue weighted by Crippen LogP contribution is -2.59. The highest BCUT2D eigenvalue weighted by molar-refractivity contribution is 14.1. The van der Waals surface area contributed by atoms with Crippen LogP contribution in [0.5, 0.6) is 5.88 Å². The molecule has 1 amide bonds. The number of hydrogen-bond donors (Lipinski definition) is 2. The summed E-state index contributed by atoms with van der Waals surface area (Å²) in [6, 6.07) is 2.93. The first-order valence-electron chi connectivity index (χ1n) is 9.39. The Labute approximate surface area is 205 Å². The summed E-state index contributed by atoms with van der Waals surface area (Å²) in [7, 11) is -4.09. The number of alkyl halides is 4. The van der Waals surface area contributed by atoms with Crippen LogP contribution in [0.25, 0.3) is 0 Å². The number of carbonyl (C=O) groups excluding carboxylic acids is 1. The Hall–Kier alpha value is -2.56. The third kappa shape index (κ3) is 4.54. The van der Waals surface area contributed by atoms with Crippen LogP contribution in [0.2, 0.25) is 0 Å². The fourth-order valence-corrected chi connectivity index (χ4v) is 4.74. The van der Waals surface area contributed by atoms with Gasteiger partial charge in [-0.25, -0.2) is 35.9 Å². The predicted molar refractivity (Wildman–Crippen MR) is 123 cm³/mol. The van der Waals surface area contributed by atoms with Crippen LogP contribution in [0, 0.1) is 5.82 Å². The van der Waals surface area contributed by atoms with E-state index in [1.54, 1.807) is 0 Å². The van der Waals surface area contributed by atoms with E-state index in [-0.39, 0.29) is 17.3 Å². The summed E-state index contributed by atoms with van der Waals surface area (Å²) in [6.45, 7) is -0.213. The minimum absolute atomic E-state index is 0.0764. The quantitative estimate of drug-likeness (QED) is 0.290. The highest BCUT2D eigenvalue weighted by Crippen LogP contribution is 2.53. The van der Waals surface area contributed by atoms with Crippen LogP contribution >= 0.6 is 22.6 Å². The topological polar surface area (TPSA) is 137 Å². The van der Waals surface area contributed by atoms with Crippen molar-refractivity contribution in [1.29, 1.82) is 0 Å². The van der Waals surface area contributed by atoms with E-state index in [0.717, 1.165) is 43.8 Å². The Kier molecular flexibility index (Phi) is 6.82. The lowest BCUT2D eigenvalue weighted by atomic mass is 9.81. The van der Waals surface area contributed by atoms with Crippen LogP contribution in [0.4, 0.5) is 23.2 Å². The summed E-state index contributed by atoms with van der Waals surface area (Å²) >= 11 is 1.31. The second kappa shape index (κ2) is 8.90. The van der Waals surface area contributed by atoms with Crippen LogP contribution in [0.1, 0.15) is 29.4 Å². The van der Waals surface area contributed by atoms with Crippen LogP contribution in [0.15, 0.2) is 35.6 Å². The van der Waals surface area contributed by atoms with Crippen molar-refractivity contribution in [2.45, 2.75) is 27.6 Å².